The third-order valence-corrected chi connectivity index (χ3v) is 5.32. The summed E-state index contributed by atoms with van der Waals surface area (Å²) in [7, 11) is 0. The molecule has 0 fully saturated rings. The fourth-order valence-electron chi connectivity index (χ4n) is 3.53. The fourth-order valence-corrected chi connectivity index (χ4v) is 3.79. The quantitative estimate of drug-likeness (QED) is 0.538. The van der Waals surface area contributed by atoms with Gasteiger partial charge < -0.3 is 10.1 Å². The number of rotatable bonds is 4. The first-order valence-electron chi connectivity index (χ1n) is 9.19. The smallest absolute Gasteiger partial charge is 0.406 e. The van der Waals surface area contributed by atoms with Gasteiger partial charge in [-0.2, -0.15) is 5.10 Å². The van der Waals surface area contributed by atoms with E-state index in [1.54, 1.807) is 0 Å². The van der Waals surface area contributed by atoms with Crippen LogP contribution in [0.2, 0.25) is 0 Å². The van der Waals surface area contributed by atoms with E-state index in [0.29, 0.717) is 11.4 Å². The summed E-state index contributed by atoms with van der Waals surface area (Å²) in [6, 6.07) is 12.6. The molecule has 1 aliphatic heterocycles. The molecule has 1 aliphatic rings. The highest BCUT2D eigenvalue weighted by molar-refractivity contribution is 9.10. The van der Waals surface area contributed by atoms with E-state index in [1.165, 1.54) is 28.9 Å². The average molecular weight is 480 g/mol. The van der Waals surface area contributed by atoms with Gasteiger partial charge in [-0.15, -0.1) is 13.2 Å². The molecule has 1 amide bonds. The lowest BCUT2D eigenvalue weighted by molar-refractivity contribution is -0.274. The monoisotopic (exact) mass is 479 g/mol. The van der Waals surface area contributed by atoms with Crippen LogP contribution in [0.3, 0.4) is 0 Å². The van der Waals surface area contributed by atoms with E-state index in [1.807, 2.05) is 38.1 Å². The first-order valence-corrected chi connectivity index (χ1v) is 9.98. The van der Waals surface area contributed by atoms with E-state index < -0.39 is 6.36 Å². The summed E-state index contributed by atoms with van der Waals surface area (Å²) in [6.45, 7) is 3.96. The van der Waals surface area contributed by atoms with Crippen LogP contribution in [0.1, 0.15) is 53.1 Å². The van der Waals surface area contributed by atoms with Crippen molar-refractivity contribution in [3.05, 3.63) is 75.5 Å². The fraction of sp³-hybridized carbons (Fsp3) is 0.238. The zero-order chi connectivity index (χ0) is 21.6. The maximum atomic E-state index is 12.8. The van der Waals surface area contributed by atoms with Gasteiger partial charge in [-0.1, -0.05) is 41.9 Å². The van der Waals surface area contributed by atoms with Gasteiger partial charge in [0.1, 0.15) is 11.4 Å². The highest BCUT2D eigenvalue weighted by Crippen LogP contribution is 2.38. The summed E-state index contributed by atoms with van der Waals surface area (Å²) in [5.41, 5.74) is 3.32. The van der Waals surface area contributed by atoms with E-state index in [0.717, 1.165) is 21.3 Å². The molecule has 9 heteroatoms. The molecule has 0 aliphatic carbocycles. The van der Waals surface area contributed by atoms with Crippen LogP contribution in [0.15, 0.2) is 53.0 Å². The van der Waals surface area contributed by atoms with E-state index in [4.69, 9.17) is 0 Å². The van der Waals surface area contributed by atoms with Crippen molar-refractivity contribution in [3.8, 4) is 11.4 Å². The summed E-state index contributed by atoms with van der Waals surface area (Å²) >= 11 is 3.41. The van der Waals surface area contributed by atoms with Gasteiger partial charge >= 0.3 is 6.36 Å². The SMILES string of the molecule is CC(C)c1nn(-c2ccc(OC(F)(F)F)cc2)c2c1C(c1ccc(Br)cc1)NC2=O. The van der Waals surface area contributed by atoms with Gasteiger partial charge in [0.15, 0.2) is 0 Å². The van der Waals surface area contributed by atoms with Crippen LogP contribution in [0.5, 0.6) is 5.75 Å². The Hall–Kier alpha value is -2.81. The number of alkyl halides is 3. The zero-order valence-corrected chi connectivity index (χ0v) is 17.6. The summed E-state index contributed by atoms with van der Waals surface area (Å²) < 4.78 is 43.6. The molecular formula is C21H17BrF3N3O2. The molecule has 0 saturated heterocycles. The summed E-state index contributed by atoms with van der Waals surface area (Å²) in [5.74, 6) is -0.581. The van der Waals surface area contributed by atoms with Crippen LogP contribution < -0.4 is 10.1 Å². The Balaban J connectivity index is 1.78. The van der Waals surface area contributed by atoms with Crippen LogP contribution in [0.25, 0.3) is 5.69 Å². The Morgan fingerprint density at radius 1 is 1.10 bits per heavy atom. The Morgan fingerprint density at radius 2 is 1.73 bits per heavy atom. The Bertz CT molecular complexity index is 1090. The first kappa shape index (κ1) is 20.5. The van der Waals surface area contributed by atoms with E-state index in [2.05, 4.69) is 31.1 Å². The number of ether oxygens (including phenoxy) is 1. The minimum absolute atomic E-state index is 0.0403. The molecule has 1 aromatic heterocycles. The van der Waals surface area contributed by atoms with Crippen molar-refractivity contribution in [2.45, 2.75) is 32.2 Å². The van der Waals surface area contributed by atoms with Gasteiger partial charge in [-0.25, -0.2) is 4.68 Å². The molecule has 0 radical (unpaired) electrons. The summed E-state index contributed by atoms with van der Waals surface area (Å²) in [6.07, 6.45) is -4.77. The molecule has 4 rings (SSSR count). The summed E-state index contributed by atoms with van der Waals surface area (Å²) in [4.78, 5) is 12.8. The van der Waals surface area contributed by atoms with Gasteiger partial charge in [0.25, 0.3) is 5.91 Å². The molecule has 0 saturated carbocycles. The maximum absolute atomic E-state index is 12.8. The molecule has 0 bridgehead atoms. The molecule has 156 valence electrons. The lowest BCUT2D eigenvalue weighted by Gasteiger charge is -2.14. The van der Waals surface area contributed by atoms with Crippen molar-refractivity contribution >= 4 is 21.8 Å². The topological polar surface area (TPSA) is 56.1 Å². The molecule has 1 unspecified atom stereocenters. The van der Waals surface area contributed by atoms with Crippen molar-refractivity contribution in [2.24, 2.45) is 0 Å². The average Bonchev–Trinajstić information content (AvgIpc) is 3.21. The van der Waals surface area contributed by atoms with Crippen molar-refractivity contribution in [1.29, 1.82) is 0 Å². The van der Waals surface area contributed by atoms with Crippen LogP contribution in [-0.4, -0.2) is 22.1 Å². The second-order valence-corrected chi connectivity index (χ2v) is 8.13. The van der Waals surface area contributed by atoms with Crippen molar-refractivity contribution in [3.63, 3.8) is 0 Å². The van der Waals surface area contributed by atoms with Crippen LogP contribution >= 0.6 is 15.9 Å². The maximum Gasteiger partial charge on any atom is 0.573 e. The number of halogens is 4. The van der Waals surface area contributed by atoms with Crippen LogP contribution in [-0.2, 0) is 0 Å². The molecule has 2 heterocycles. The predicted molar refractivity (Wildman–Crippen MR) is 108 cm³/mol. The molecule has 1 N–H and O–H groups in total. The molecular weight excluding hydrogens is 463 g/mol. The number of nitrogens with zero attached hydrogens (tertiary/aromatic N) is 2. The van der Waals surface area contributed by atoms with Gasteiger partial charge in [0.05, 0.1) is 17.4 Å². The number of carbonyl (C=O) groups is 1. The molecule has 1 atom stereocenters. The largest absolute Gasteiger partial charge is 0.573 e. The van der Waals surface area contributed by atoms with Crippen molar-refractivity contribution < 1.29 is 22.7 Å². The number of amides is 1. The number of aromatic nitrogens is 2. The normalized spacial score (nSPS) is 16.0. The molecule has 5 nitrogen and oxygen atoms in total. The predicted octanol–water partition coefficient (Wildman–Crippen LogP) is 5.49. The molecule has 0 spiro atoms. The number of hydrogen-bond donors (Lipinski definition) is 1. The van der Waals surface area contributed by atoms with Crippen LogP contribution in [0, 0.1) is 0 Å². The van der Waals surface area contributed by atoms with Crippen molar-refractivity contribution in [1.82, 2.24) is 15.1 Å². The standard InChI is InChI=1S/C21H17BrF3N3O2/c1-11(2)17-16-18(12-3-5-13(22)6-4-12)26-20(29)19(16)28(27-17)14-7-9-15(10-8-14)30-21(23,24)25/h3-11,18H,1-2H3,(H,26,29). The second kappa shape index (κ2) is 7.46. The minimum atomic E-state index is -4.77. The van der Waals surface area contributed by atoms with E-state index in [9.17, 15) is 18.0 Å². The van der Waals surface area contributed by atoms with Crippen LogP contribution in [0.4, 0.5) is 13.2 Å². The van der Waals surface area contributed by atoms with Crippen molar-refractivity contribution in [2.75, 3.05) is 0 Å². The minimum Gasteiger partial charge on any atom is -0.406 e. The Kier molecular flexibility index (Phi) is 5.09. The number of nitrogens with one attached hydrogen (secondary N) is 1. The van der Waals surface area contributed by atoms with Gasteiger partial charge in [-0.05, 0) is 47.9 Å². The number of carbonyl (C=O) groups excluding carboxylic acids is 1. The Labute approximate surface area is 179 Å². The third kappa shape index (κ3) is 3.81. The highest BCUT2D eigenvalue weighted by Gasteiger charge is 2.38. The first-order chi connectivity index (χ1) is 14.1. The molecule has 30 heavy (non-hydrogen) atoms. The number of hydrogen-bond acceptors (Lipinski definition) is 3. The van der Waals surface area contributed by atoms with Gasteiger partial charge in [-0.3, -0.25) is 4.79 Å². The summed E-state index contributed by atoms with van der Waals surface area (Å²) in [5, 5.41) is 7.63. The van der Waals surface area contributed by atoms with Gasteiger partial charge in [0.2, 0.25) is 0 Å². The van der Waals surface area contributed by atoms with Gasteiger partial charge in [0, 0.05) is 10.0 Å². The van der Waals surface area contributed by atoms with E-state index >= 15 is 0 Å². The Morgan fingerprint density at radius 3 is 2.30 bits per heavy atom. The molecule has 2 aromatic carbocycles. The third-order valence-electron chi connectivity index (χ3n) is 4.79. The lowest BCUT2D eigenvalue weighted by Crippen LogP contribution is -2.23. The van der Waals surface area contributed by atoms with E-state index in [-0.39, 0.29) is 23.6 Å². The zero-order valence-electron chi connectivity index (χ0n) is 16.0. The molecule has 3 aromatic rings. The lowest BCUT2D eigenvalue weighted by atomic mass is 9.95. The number of benzene rings is 2. The highest BCUT2D eigenvalue weighted by atomic mass is 79.9. The second-order valence-electron chi connectivity index (χ2n) is 7.21. The number of fused-ring (bicyclic) bond motifs is 1.